The maximum Gasteiger partial charge on any atom is 0.0815 e. The summed E-state index contributed by atoms with van der Waals surface area (Å²) in [7, 11) is 0. The Hall–Kier alpha value is -0.300. The molecule has 2 atom stereocenters. The van der Waals surface area contributed by atoms with Crippen LogP contribution in [-0.4, -0.2) is 12.7 Å². The minimum Gasteiger partial charge on any atom is -0.373 e. The molecule has 0 aliphatic carbocycles. The Morgan fingerprint density at radius 1 is 1.89 bits per heavy atom. The van der Waals surface area contributed by atoms with Crippen LogP contribution in [0.1, 0.15) is 19.8 Å². The second-order valence-corrected chi connectivity index (χ2v) is 2.60. The van der Waals surface area contributed by atoms with Crippen LogP contribution in [0.4, 0.5) is 0 Å². The van der Waals surface area contributed by atoms with E-state index in [1.54, 1.807) is 0 Å². The largest absolute Gasteiger partial charge is 0.373 e. The summed E-state index contributed by atoms with van der Waals surface area (Å²) < 4.78 is 5.09. The molecule has 0 radical (unpaired) electrons. The van der Waals surface area contributed by atoms with Crippen LogP contribution in [-0.2, 0) is 4.74 Å². The molecule has 1 aliphatic rings. The van der Waals surface area contributed by atoms with Crippen molar-refractivity contribution in [2.75, 3.05) is 6.61 Å². The second-order valence-electron chi connectivity index (χ2n) is 2.60. The van der Waals surface area contributed by atoms with Gasteiger partial charge in [0, 0.05) is 0 Å². The van der Waals surface area contributed by atoms with Gasteiger partial charge < -0.3 is 4.74 Å². The maximum atomic E-state index is 5.09. The first kappa shape index (κ1) is 6.81. The van der Waals surface area contributed by atoms with Crippen molar-refractivity contribution in [3.8, 4) is 0 Å². The molecule has 52 valence electrons. The van der Waals surface area contributed by atoms with Gasteiger partial charge in [-0.05, 0) is 18.8 Å². The molecule has 2 unspecified atom stereocenters. The lowest BCUT2D eigenvalue weighted by molar-refractivity contribution is 0.370. The normalized spacial score (nSPS) is 27.4. The van der Waals surface area contributed by atoms with Gasteiger partial charge in [-0.3, -0.25) is 0 Å². The number of epoxide rings is 1. The van der Waals surface area contributed by atoms with Crippen LogP contribution < -0.4 is 0 Å². The zero-order valence-electron chi connectivity index (χ0n) is 5.97. The highest BCUT2D eigenvalue weighted by atomic mass is 16.6. The van der Waals surface area contributed by atoms with Gasteiger partial charge in [0.15, 0.2) is 0 Å². The summed E-state index contributed by atoms with van der Waals surface area (Å²) in [5, 5.41) is 0. The number of allylic oxidation sites excluding steroid dienone is 1. The molecule has 1 rings (SSSR count). The fourth-order valence-electron chi connectivity index (χ4n) is 0.971. The third kappa shape index (κ3) is 2.19. The summed E-state index contributed by atoms with van der Waals surface area (Å²) in [6.45, 7) is 6.92. The Bertz CT molecular complexity index is 94.7. The van der Waals surface area contributed by atoms with Crippen molar-refractivity contribution in [2.45, 2.75) is 25.9 Å². The van der Waals surface area contributed by atoms with Crippen molar-refractivity contribution in [1.82, 2.24) is 0 Å². The third-order valence-corrected chi connectivity index (χ3v) is 1.83. The minimum atomic E-state index is 0.563. The van der Waals surface area contributed by atoms with Gasteiger partial charge in [-0.15, -0.1) is 6.58 Å². The molecule has 0 N–H and O–H groups in total. The Kier molecular flexibility index (Phi) is 2.29. The smallest absolute Gasteiger partial charge is 0.0815 e. The fraction of sp³-hybridized carbons (Fsp3) is 0.750. The van der Waals surface area contributed by atoms with E-state index in [1.165, 1.54) is 12.8 Å². The van der Waals surface area contributed by atoms with E-state index in [4.69, 9.17) is 4.74 Å². The van der Waals surface area contributed by atoms with E-state index in [1.807, 2.05) is 6.08 Å². The molecule has 1 aliphatic heterocycles. The first-order valence-electron chi connectivity index (χ1n) is 3.61. The highest BCUT2D eigenvalue weighted by Crippen LogP contribution is 2.21. The van der Waals surface area contributed by atoms with E-state index in [-0.39, 0.29) is 0 Å². The van der Waals surface area contributed by atoms with Crippen LogP contribution in [0.2, 0.25) is 0 Å². The zero-order valence-corrected chi connectivity index (χ0v) is 5.97. The Balaban J connectivity index is 2.12. The molecule has 1 nitrogen and oxygen atoms in total. The summed E-state index contributed by atoms with van der Waals surface area (Å²) in [4.78, 5) is 0. The van der Waals surface area contributed by atoms with E-state index >= 15 is 0 Å². The highest BCUT2D eigenvalue weighted by molar-refractivity contribution is 4.83. The molecule has 1 fully saturated rings. The van der Waals surface area contributed by atoms with E-state index in [2.05, 4.69) is 13.5 Å². The van der Waals surface area contributed by atoms with Crippen LogP contribution in [0.5, 0.6) is 0 Å². The quantitative estimate of drug-likeness (QED) is 0.414. The summed E-state index contributed by atoms with van der Waals surface area (Å²) in [5.74, 6) is 0.678. The van der Waals surface area contributed by atoms with Gasteiger partial charge in [-0.2, -0.15) is 0 Å². The molecular formula is C8H14O. The Labute approximate surface area is 56.7 Å². The van der Waals surface area contributed by atoms with Gasteiger partial charge in [-0.25, -0.2) is 0 Å². The third-order valence-electron chi connectivity index (χ3n) is 1.83. The predicted molar refractivity (Wildman–Crippen MR) is 38.3 cm³/mol. The molecule has 0 aromatic carbocycles. The Morgan fingerprint density at radius 2 is 2.56 bits per heavy atom. The van der Waals surface area contributed by atoms with Gasteiger partial charge in [0.2, 0.25) is 0 Å². The van der Waals surface area contributed by atoms with Crippen LogP contribution in [0.15, 0.2) is 12.7 Å². The van der Waals surface area contributed by atoms with Crippen molar-refractivity contribution in [3.05, 3.63) is 12.7 Å². The van der Waals surface area contributed by atoms with Crippen molar-refractivity contribution in [3.63, 3.8) is 0 Å². The lowest BCUT2D eigenvalue weighted by atomic mass is 10.0. The molecule has 0 saturated carbocycles. The first-order valence-corrected chi connectivity index (χ1v) is 3.61. The lowest BCUT2D eigenvalue weighted by Gasteiger charge is -2.04. The molecule has 9 heavy (non-hydrogen) atoms. The number of hydrogen-bond acceptors (Lipinski definition) is 1. The molecule has 0 aromatic rings. The number of hydrogen-bond donors (Lipinski definition) is 0. The molecule has 0 bridgehead atoms. The fourth-order valence-corrected chi connectivity index (χ4v) is 0.971. The first-order chi connectivity index (χ1) is 4.36. The topological polar surface area (TPSA) is 12.5 Å². The summed E-state index contributed by atoms with van der Waals surface area (Å²) in [6, 6.07) is 0. The van der Waals surface area contributed by atoms with E-state index in [9.17, 15) is 0 Å². The molecular weight excluding hydrogens is 112 g/mol. The van der Waals surface area contributed by atoms with Crippen molar-refractivity contribution < 1.29 is 4.74 Å². The highest BCUT2D eigenvalue weighted by Gasteiger charge is 2.24. The van der Waals surface area contributed by atoms with Crippen LogP contribution in [0, 0.1) is 5.92 Å². The monoisotopic (exact) mass is 126 g/mol. The lowest BCUT2D eigenvalue weighted by Crippen LogP contribution is -1.98. The van der Waals surface area contributed by atoms with Crippen LogP contribution in [0.25, 0.3) is 0 Å². The van der Waals surface area contributed by atoms with E-state index < -0.39 is 0 Å². The summed E-state index contributed by atoms with van der Waals surface area (Å²) in [6.07, 6.45) is 4.97. The average Bonchev–Trinajstić information content (AvgIpc) is 2.66. The summed E-state index contributed by atoms with van der Waals surface area (Å²) >= 11 is 0. The second kappa shape index (κ2) is 3.02. The van der Waals surface area contributed by atoms with Crippen LogP contribution in [0.3, 0.4) is 0 Å². The van der Waals surface area contributed by atoms with Gasteiger partial charge in [-0.1, -0.05) is 13.0 Å². The molecule has 0 spiro atoms. The molecule has 0 amide bonds. The average molecular weight is 126 g/mol. The van der Waals surface area contributed by atoms with E-state index in [0.29, 0.717) is 12.0 Å². The molecule has 1 saturated heterocycles. The molecule has 0 aromatic heterocycles. The zero-order chi connectivity index (χ0) is 6.69. The molecule has 1 heteroatoms. The SMILES string of the molecule is C=CC(CC)CC1CO1. The van der Waals surface area contributed by atoms with Gasteiger partial charge in [0.1, 0.15) is 0 Å². The predicted octanol–water partition coefficient (Wildman–Crippen LogP) is 1.99. The van der Waals surface area contributed by atoms with Gasteiger partial charge in [0.25, 0.3) is 0 Å². The Morgan fingerprint density at radius 3 is 2.89 bits per heavy atom. The standard InChI is InChI=1S/C8H14O/c1-3-7(4-2)5-8-6-9-8/h3,7-8H,1,4-6H2,2H3. The van der Waals surface area contributed by atoms with Crippen molar-refractivity contribution >= 4 is 0 Å². The summed E-state index contributed by atoms with van der Waals surface area (Å²) in [5.41, 5.74) is 0. The van der Waals surface area contributed by atoms with Crippen molar-refractivity contribution in [1.29, 1.82) is 0 Å². The van der Waals surface area contributed by atoms with Gasteiger partial charge >= 0.3 is 0 Å². The molecule has 1 heterocycles. The van der Waals surface area contributed by atoms with Crippen molar-refractivity contribution in [2.24, 2.45) is 5.92 Å². The van der Waals surface area contributed by atoms with Crippen LogP contribution >= 0.6 is 0 Å². The maximum absolute atomic E-state index is 5.09. The van der Waals surface area contributed by atoms with E-state index in [0.717, 1.165) is 6.61 Å². The minimum absolute atomic E-state index is 0.563. The number of ether oxygens (including phenoxy) is 1. The number of rotatable bonds is 4. The van der Waals surface area contributed by atoms with Gasteiger partial charge in [0.05, 0.1) is 12.7 Å².